The van der Waals surface area contributed by atoms with Crippen LogP contribution in [-0.2, 0) is 10.1 Å². The molecule has 0 aromatic heterocycles. The van der Waals surface area contributed by atoms with E-state index in [0.717, 1.165) is 10.8 Å². The van der Waals surface area contributed by atoms with Gasteiger partial charge in [0.05, 0.1) is 11.4 Å². The van der Waals surface area contributed by atoms with Crippen LogP contribution in [0.3, 0.4) is 0 Å². The topological polar surface area (TPSA) is 105 Å². The summed E-state index contributed by atoms with van der Waals surface area (Å²) in [6.07, 6.45) is 1.34. The fourth-order valence-electron chi connectivity index (χ4n) is 2.48. The second-order valence-corrected chi connectivity index (χ2v) is 6.71. The minimum absolute atomic E-state index is 0.263. The van der Waals surface area contributed by atoms with E-state index < -0.39 is 10.1 Å². The van der Waals surface area contributed by atoms with Crippen LogP contribution in [0.5, 0.6) is 0 Å². The number of rotatable bonds is 4. The highest BCUT2D eigenvalue weighted by molar-refractivity contribution is 7.86. The van der Waals surface area contributed by atoms with Crippen LogP contribution in [-0.4, -0.2) is 13.0 Å². The fraction of sp³-hybridized carbons (Fsp3) is 0. The van der Waals surface area contributed by atoms with Crippen molar-refractivity contribution in [1.82, 2.24) is 0 Å². The van der Waals surface area contributed by atoms with E-state index in [1.54, 1.807) is 18.2 Å². The summed E-state index contributed by atoms with van der Waals surface area (Å²) in [4.78, 5) is -0.263. The first kappa shape index (κ1) is 16.8. The largest absolute Gasteiger partial charge is 0.398 e. The molecule has 3 aromatic rings. The lowest BCUT2D eigenvalue weighted by Crippen LogP contribution is -2.00. The molecule has 0 fully saturated rings. The Hall–Kier alpha value is -3.03. The summed E-state index contributed by atoms with van der Waals surface area (Å²) in [5.74, 6) is 0. The Morgan fingerprint density at radius 2 is 1.72 bits per heavy atom. The molecule has 3 aromatic carbocycles. The van der Waals surface area contributed by atoms with Gasteiger partial charge in [-0.15, -0.1) is 5.11 Å². The number of anilines is 1. The second kappa shape index (κ2) is 6.46. The molecule has 0 aliphatic carbocycles. The van der Waals surface area contributed by atoms with Gasteiger partial charge >= 0.3 is 0 Å². The van der Waals surface area contributed by atoms with Gasteiger partial charge < -0.3 is 5.73 Å². The van der Waals surface area contributed by atoms with Crippen LogP contribution < -0.4 is 5.73 Å². The Labute approximate surface area is 145 Å². The van der Waals surface area contributed by atoms with Crippen molar-refractivity contribution in [3.05, 3.63) is 66.7 Å². The zero-order valence-electron chi connectivity index (χ0n) is 13.1. The summed E-state index contributed by atoms with van der Waals surface area (Å²) in [5, 5.41) is 9.97. The molecular formula is C18H15N3O3S. The van der Waals surface area contributed by atoms with Gasteiger partial charge in [0.25, 0.3) is 10.1 Å². The summed E-state index contributed by atoms with van der Waals surface area (Å²) in [6.45, 7) is 3.53. The molecular weight excluding hydrogens is 338 g/mol. The third-order valence-electron chi connectivity index (χ3n) is 3.70. The monoisotopic (exact) mass is 353 g/mol. The van der Waals surface area contributed by atoms with E-state index >= 15 is 0 Å². The van der Waals surface area contributed by atoms with Gasteiger partial charge in [0, 0.05) is 16.5 Å². The van der Waals surface area contributed by atoms with Crippen molar-refractivity contribution in [2.24, 2.45) is 10.2 Å². The number of hydrogen-bond donors (Lipinski definition) is 2. The molecule has 0 atom stereocenters. The van der Waals surface area contributed by atoms with Crippen molar-refractivity contribution in [3.8, 4) is 0 Å². The maximum atomic E-state index is 11.5. The van der Waals surface area contributed by atoms with Crippen LogP contribution in [0.25, 0.3) is 16.8 Å². The lowest BCUT2D eigenvalue weighted by Gasteiger charge is -2.05. The Morgan fingerprint density at radius 3 is 2.40 bits per heavy atom. The number of nitrogens with two attached hydrogens (primary N) is 1. The Balaban J connectivity index is 2.07. The van der Waals surface area contributed by atoms with Gasteiger partial charge in [-0.3, -0.25) is 4.55 Å². The zero-order chi connectivity index (χ0) is 18.0. The van der Waals surface area contributed by atoms with E-state index in [0.29, 0.717) is 22.6 Å². The Bertz CT molecular complexity index is 1110. The van der Waals surface area contributed by atoms with Gasteiger partial charge in [-0.25, -0.2) is 0 Å². The highest BCUT2D eigenvalue weighted by Gasteiger charge is 2.14. The van der Waals surface area contributed by atoms with Gasteiger partial charge in [-0.2, -0.15) is 13.5 Å². The molecule has 126 valence electrons. The summed E-state index contributed by atoms with van der Waals surface area (Å²) >= 11 is 0. The first-order chi connectivity index (χ1) is 11.9. The number of benzene rings is 3. The SMILES string of the molecule is C=Cc1ccc(N=Nc2ccc(N)c3ccccc23)cc1S(=O)(=O)O. The highest BCUT2D eigenvalue weighted by Crippen LogP contribution is 2.32. The molecule has 0 aliphatic heterocycles. The molecule has 0 aliphatic rings. The van der Waals surface area contributed by atoms with Crippen molar-refractivity contribution in [3.63, 3.8) is 0 Å². The van der Waals surface area contributed by atoms with Crippen LogP contribution >= 0.6 is 0 Å². The maximum absolute atomic E-state index is 11.5. The minimum Gasteiger partial charge on any atom is -0.398 e. The number of hydrogen-bond acceptors (Lipinski definition) is 5. The van der Waals surface area contributed by atoms with Crippen molar-refractivity contribution in [2.45, 2.75) is 4.90 Å². The predicted octanol–water partition coefficient (Wildman–Crippen LogP) is 4.73. The normalized spacial score (nSPS) is 11.9. The summed E-state index contributed by atoms with van der Waals surface area (Å²) in [5.41, 5.74) is 7.78. The van der Waals surface area contributed by atoms with Crippen molar-refractivity contribution in [2.75, 3.05) is 5.73 Å². The third kappa shape index (κ3) is 3.42. The van der Waals surface area contributed by atoms with E-state index in [9.17, 15) is 13.0 Å². The average molecular weight is 353 g/mol. The van der Waals surface area contributed by atoms with Crippen molar-refractivity contribution >= 4 is 44.0 Å². The average Bonchev–Trinajstić information content (AvgIpc) is 2.60. The van der Waals surface area contributed by atoms with Gasteiger partial charge in [-0.1, -0.05) is 43.0 Å². The third-order valence-corrected chi connectivity index (χ3v) is 4.61. The van der Waals surface area contributed by atoms with Crippen LogP contribution in [0.2, 0.25) is 0 Å². The van der Waals surface area contributed by atoms with Crippen LogP contribution in [0.1, 0.15) is 5.56 Å². The van der Waals surface area contributed by atoms with Crippen LogP contribution in [0, 0.1) is 0 Å². The molecule has 3 N–H and O–H groups in total. The molecule has 7 heteroatoms. The van der Waals surface area contributed by atoms with Gasteiger partial charge in [0.2, 0.25) is 0 Å². The van der Waals surface area contributed by atoms with Crippen molar-refractivity contribution < 1.29 is 13.0 Å². The van der Waals surface area contributed by atoms with Crippen molar-refractivity contribution in [1.29, 1.82) is 0 Å². The standard InChI is InChI=1S/C18H15N3O3S/c1-2-12-7-8-13(11-18(12)25(22,23)24)20-21-17-10-9-16(19)14-5-3-4-6-15(14)17/h2-11H,1,19H2,(H,22,23,24). The molecule has 6 nitrogen and oxygen atoms in total. The maximum Gasteiger partial charge on any atom is 0.295 e. The molecule has 0 saturated heterocycles. The number of azo groups is 1. The van der Waals surface area contributed by atoms with Gasteiger partial charge in [0.15, 0.2) is 0 Å². The van der Waals surface area contributed by atoms with Gasteiger partial charge in [0.1, 0.15) is 4.90 Å². The number of fused-ring (bicyclic) bond motifs is 1. The number of nitrogens with zero attached hydrogens (tertiary/aromatic N) is 2. The van der Waals surface area contributed by atoms with E-state index in [4.69, 9.17) is 5.73 Å². The molecule has 25 heavy (non-hydrogen) atoms. The summed E-state index contributed by atoms with van der Waals surface area (Å²) in [7, 11) is -4.38. The van der Waals surface area contributed by atoms with E-state index in [1.165, 1.54) is 18.2 Å². The minimum atomic E-state index is -4.38. The van der Waals surface area contributed by atoms with E-state index in [-0.39, 0.29) is 4.90 Å². The quantitative estimate of drug-likeness (QED) is 0.402. The number of nitrogen functional groups attached to an aromatic ring is 1. The lowest BCUT2D eigenvalue weighted by atomic mass is 10.1. The Morgan fingerprint density at radius 1 is 1.00 bits per heavy atom. The zero-order valence-corrected chi connectivity index (χ0v) is 13.9. The fourth-order valence-corrected chi connectivity index (χ4v) is 3.20. The molecule has 0 amide bonds. The first-order valence-electron chi connectivity index (χ1n) is 7.33. The molecule has 0 bridgehead atoms. The highest BCUT2D eigenvalue weighted by atomic mass is 32.2. The van der Waals surface area contributed by atoms with E-state index in [1.807, 2.05) is 24.3 Å². The van der Waals surface area contributed by atoms with Gasteiger partial charge in [-0.05, 0) is 29.8 Å². The first-order valence-corrected chi connectivity index (χ1v) is 8.77. The Kier molecular flexibility index (Phi) is 4.35. The second-order valence-electron chi connectivity index (χ2n) is 5.32. The van der Waals surface area contributed by atoms with Crippen LogP contribution in [0.4, 0.5) is 17.1 Å². The molecule has 0 spiro atoms. The molecule has 3 rings (SSSR count). The van der Waals surface area contributed by atoms with E-state index in [2.05, 4.69) is 16.8 Å². The predicted molar refractivity (Wildman–Crippen MR) is 98.9 cm³/mol. The smallest absolute Gasteiger partial charge is 0.295 e. The molecule has 0 saturated carbocycles. The van der Waals surface area contributed by atoms with Crippen LogP contribution in [0.15, 0.2) is 76.3 Å². The molecule has 0 heterocycles. The summed E-state index contributed by atoms with van der Waals surface area (Å²) < 4.78 is 32.3. The summed E-state index contributed by atoms with van der Waals surface area (Å²) in [6, 6.07) is 15.3. The molecule has 0 radical (unpaired) electrons. The molecule has 0 unspecified atom stereocenters. The lowest BCUT2D eigenvalue weighted by molar-refractivity contribution is 0.483.